The average molecular weight is 623 g/mol. The number of anilines is 4. The molecule has 2 heterocycles. The lowest BCUT2D eigenvalue weighted by Crippen LogP contribution is -2.50. The van der Waals surface area contributed by atoms with E-state index in [1.54, 1.807) is 12.1 Å². The van der Waals surface area contributed by atoms with Gasteiger partial charge in [-0.05, 0) is 42.5 Å². The molecule has 4 amide bonds. The van der Waals surface area contributed by atoms with Gasteiger partial charge >= 0.3 is 18.2 Å². The van der Waals surface area contributed by atoms with E-state index in [2.05, 4.69) is 20.9 Å². The Balaban J connectivity index is 1.31. The van der Waals surface area contributed by atoms with Crippen molar-refractivity contribution in [3.8, 4) is 11.5 Å². The first-order valence-electron chi connectivity index (χ1n) is 13.3. The molecule has 3 aromatic rings. The summed E-state index contributed by atoms with van der Waals surface area (Å²) < 4.78 is 64.9. The van der Waals surface area contributed by atoms with Crippen LogP contribution in [0.2, 0.25) is 0 Å². The van der Waals surface area contributed by atoms with E-state index in [1.807, 2.05) is 4.90 Å². The van der Waals surface area contributed by atoms with Crippen LogP contribution in [0.4, 0.5) is 50.0 Å². The summed E-state index contributed by atoms with van der Waals surface area (Å²) in [7, 11) is 1.39. The molecule has 1 saturated heterocycles. The quantitative estimate of drug-likeness (QED) is 0.225. The van der Waals surface area contributed by atoms with Gasteiger partial charge < -0.3 is 45.4 Å². The van der Waals surface area contributed by atoms with Crippen molar-refractivity contribution in [2.75, 3.05) is 67.4 Å². The highest BCUT2D eigenvalue weighted by molar-refractivity contribution is 6.00. The van der Waals surface area contributed by atoms with E-state index in [1.165, 1.54) is 36.4 Å². The first-order chi connectivity index (χ1) is 21.0. The topological polar surface area (TPSA) is 149 Å². The van der Waals surface area contributed by atoms with E-state index in [9.17, 15) is 32.3 Å². The van der Waals surface area contributed by atoms with Crippen molar-refractivity contribution in [1.82, 2.24) is 9.88 Å². The van der Waals surface area contributed by atoms with Crippen LogP contribution >= 0.6 is 0 Å². The summed E-state index contributed by atoms with van der Waals surface area (Å²) in [6.07, 6.45) is -4.62. The van der Waals surface area contributed by atoms with Crippen LogP contribution in [0.3, 0.4) is 0 Å². The van der Waals surface area contributed by atoms with Crippen molar-refractivity contribution in [1.29, 1.82) is 0 Å². The normalized spacial score (nSPS) is 14.1. The third kappa shape index (κ3) is 8.38. The van der Waals surface area contributed by atoms with Crippen molar-refractivity contribution in [2.45, 2.75) is 12.3 Å². The number of urea groups is 2. The SMILES string of the molecule is COc1ccc(F)cc1NC(=O)Nc1ccc(N2CCN(C(=O)Nc3ccc(OCC(O)CO)cc3C(F)(F)F)CC2)nc1. The zero-order chi connectivity index (χ0) is 31.9. The van der Waals surface area contributed by atoms with Crippen LogP contribution < -0.4 is 30.3 Å². The number of ether oxygens (including phenoxy) is 2. The summed E-state index contributed by atoms with van der Waals surface area (Å²) in [6, 6.07) is 8.61. The molecule has 1 unspecified atom stereocenters. The Morgan fingerprint density at radius 1 is 1.00 bits per heavy atom. The monoisotopic (exact) mass is 622 g/mol. The summed E-state index contributed by atoms with van der Waals surface area (Å²) in [5, 5.41) is 25.6. The Morgan fingerprint density at radius 2 is 1.75 bits per heavy atom. The number of piperazine rings is 1. The van der Waals surface area contributed by atoms with Gasteiger partial charge in [-0.3, -0.25) is 0 Å². The van der Waals surface area contributed by atoms with Gasteiger partial charge in [-0.25, -0.2) is 19.0 Å². The van der Waals surface area contributed by atoms with Gasteiger partial charge in [0.05, 0.1) is 42.5 Å². The largest absolute Gasteiger partial charge is 0.495 e. The Morgan fingerprint density at radius 3 is 2.39 bits per heavy atom. The minimum Gasteiger partial charge on any atom is -0.495 e. The third-order valence-electron chi connectivity index (χ3n) is 6.50. The second kappa shape index (κ2) is 14.1. The Bertz CT molecular complexity index is 1450. The van der Waals surface area contributed by atoms with Crippen LogP contribution in [0, 0.1) is 5.82 Å². The van der Waals surface area contributed by atoms with Gasteiger partial charge in [0.1, 0.15) is 35.8 Å². The smallest absolute Gasteiger partial charge is 0.418 e. The van der Waals surface area contributed by atoms with E-state index in [0.29, 0.717) is 30.7 Å². The molecule has 1 aliphatic rings. The highest BCUT2D eigenvalue weighted by Gasteiger charge is 2.35. The number of aliphatic hydroxyl groups excluding tert-OH is 2. The van der Waals surface area contributed by atoms with Crippen LogP contribution in [-0.2, 0) is 6.18 Å². The van der Waals surface area contributed by atoms with Crippen molar-refractivity contribution in [3.05, 3.63) is 66.1 Å². The van der Waals surface area contributed by atoms with Crippen molar-refractivity contribution in [3.63, 3.8) is 0 Å². The molecule has 1 aromatic heterocycles. The summed E-state index contributed by atoms with van der Waals surface area (Å²) in [5.41, 5.74) is -1.07. The number of rotatable bonds is 9. The molecular weight excluding hydrogens is 592 g/mol. The van der Waals surface area contributed by atoms with Gasteiger partial charge in [0.2, 0.25) is 0 Å². The number of amides is 4. The summed E-state index contributed by atoms with van der Waals surface area (Å²) in [4.78, 5) is 32.8. The van der Waals surface area contributed by atoms with Gasteiger partial charge in [-0.2, -0.15) is 13.2 Å². The zero-order valence-corrected chi connectivity index (χ0v) is 23.4. The molecule has 2 aromatic carbocycles. The predicted octanol–water partition coefficient (Wildman–Crippen LogP) is 3.98. The molecular formula is C28H30F4N6O6. The van der Waals surface area contributed by atoms with Crippen LogP contribution in [0.25, 0.3) is 0 Å². The lowest BCUT2D eigenvalue weighted by molar-refractivity contribution is -0.137. The number of methoxy groups -OCH3 is 1. The van der Waals surface area contributed by atoms with E-state index in [4.69, 9.17) is 14.6 Å². The van der Waals surface area contributed by atoms with Gasteiger partial charge in [-0.15, -0.1) is 0 Å². The van der Waals surface area contributed by atoms with Gasteiger partial charge in [0.15, 0.2) is 0 Å². The maximum Gasteiger partial charge on any atom is 0.418 e. The van der Waals surface area contributed by atoms with E-state index in [0.717, 1.165) is 12.1 Å². The van der Waals surface area contributed by atoms with Crippen LogP contribution in [0.15, 0.2) is 54.7 Å². The number of alkyl halides is 3. The number of carbonyl (C=O) groups excluding carboxylic acids is 2. The number of aromatic nitrogens is 1. The number of nitrogens with zero attached hydrogens (tertiary/aromatic N) is 3. The lowest BCUT2D eigenvalue weighted by Gasteiger charge is -2.35. The lowest BCUT2D eigenvalue weighted by atomic mass is 10.1. The molecule has 1 atom stereocenters. The number of hydrogen-bond donors (Lipinski definition) is 5. The number of halogens is 4. The number of carbonyl (C=O) groups is 2. The Hall–Kier alpha value is -4.83. The Labute approximate surface area is 249 Å². The number of hydrogen-bond acceptors (Lipinski definition) is 8. The molecule has 236 valence electrons. The van der Waals surface area contributed by atoms with E-state index >= 15 is 0 Å². The standard InChI is InChI=1S/C28H30F4N6O6/c1-43-24-6-2-17(29)12-23(24)35-26(41)34-18-3-7-25(33-14-18)37-8-10-38(11-9-37)27(42)36-22-5-4-20(44-16-19(40)15-39)13-21(22)28(30,31)32/h2-7,12-14,19,39-40H,8-11,15-16H2,1H3,(H,36,42)(H2,34,35,41). The van der Waals surface area contributed by atoms with Crippen LogP contribution in [0.5, 0.6) is 11.5 Å². The third-order valence-corrected chi connectivity index (χ3v) is 6.50. The molecule has 1 aliphatic heterocycles. The second-order valence-corrected chi connectivity index (χ2v) is 9.59. The second-order valence-electron chi connectivity index (χ2n) is 9.59. The first kappa shape index (κ1) is 32.1. The van der Waals surface area contributed by atoms with Crippen molar-refractivity contribution >= 4 is 34.9 Å². The number of aliphatic hydroxyl groups is 2. The fraction of sp³-hybridized carbons (Fsp3) is 0.321. The van der Waals surface area contributed by atoms with Crippen LogP contribution in [0.1, 0.15) is 5.56 Å². The van der Waals surface area contributed by atoms with Gasteiger partial charge in [0, 0.05) is 32.2 Å². The molecule has 16 heteroatoms. The predicted molar refractivity (Wildman–Crippen MR) is 153 cm³/mol. The molecule has 0 spiro atoms. The fourth-order valence-corrected chi connectivity index (χ4v) is 4.24. The van der Waals surface area contributed by atoms with Crippen molar-refractivity contribution < 1.29 is 46.8 Å². The maximum atomic E-state index is 13.7. The summed E-state index contributed by atoms with van der Waals surface area (Å²) in [5.74, 6) is 0.109. The van der Waals surface area contributed by atoms with E-state index < -0.39 is 54.6 Å². The Kier molecular flexibility index (Phi) is 10.3. The minimum atomic E-state index is -4.80. The number of pyridine rings is 1. The molecule has 5 N–H and O–H groups in total. The minimum absolute atomic E-state index is 0.145. The first-order valence-corrected chi connectivity index (χ1v) is 13.3. The highest BCUT2D eigenvalue weighted by Crippen LogP contribution is 2.37. The molecule has 44 heavy (non-hydrogen) atoms. The van der Waals surface area contributed by atoms with Crippen molar-refractivity contribution in [2.24, 2.45) is 0 Å². The number of nitrogens with one attached hydrogen (secondary N) is 3. The molecule has 0 radical (unpaired) electrons. The molecule has 0 aliphatic carbocycles. The molecule has 1 fully saturated rings. The summed E-state index contributed by atoms with van der Waals surface area (Å²) in [6.45, 7) is 0.0815. The zero-order valence-electron chi connectivity index (χ0n) is 23.4. The highest BCUT2D eigenvalue weighted by atomic mass is 19.4. The molecule has 0 saturated carbocycles. The van der Waals surface area contributed by atoms with Gasteiger partial charge in [-0.1, -0.05) is 0 Å². The van der Waals surface area contributed by atoms with Gasteiger partial charge in [0.25, 0.3) is 0 Å². The van der Waals surface area contributed by atoms with E-state index in [-0.39, 0.29) is 30.3 Å². The fourth-order valence-electron chi connectivity index (χ4n) is 4.24. The maximum absolute atomic E-state index is 13.7. The number of benzene rings is 2. The molecule has 4 rings (SSSR count). The average Bonchev–Trinajstić information content (AvgIpc) is 3.00. The molecule has 12 nitrogen and oxygen atoms in total. The van der Waals surface area contributed by atoms with Crippen LogP contribution in [-0.4, -0.2) is 84.8 Å². The summed E-state index contributed by atoms with van der Waals surface area (Å²) >= 11 is 0. The molecule has 0 bridgehead atoms.